The number of methoxy groups -OCH3 is 1. The maximum Gasteiger partial charge on any atom is 0.119 e. The van der Waals surface area contributed by atoms with Gasteiger partial charge in [-0.3, -0.25) is 4.90 Å². The van der Waals surface area contributed by atoms with E-state index in [0.29, 0.717) is 18.2 Å². The molecular weight excluding hydrogens is 264 g/mol. The van der Waals surface area contributed by atoms with E-state index in [4.69, 9.17) is 15.2 Å². The Morgan fingerprint density at radius 3 is 2.67 bits per heavy atom. The van der Waals surface area contributed by atoms with Crippen LogP contribution in [0.4, 0.5) is 0 Å². The second-order valence-corrected chi connectivity index (χ2v) is 6.61. The SMILES string of the molecule is COc1ccc2c(c1)C(N)C(N1CC3CCC(C1)O3)CC2. The highest BCUT2D eigenvalue weighted by molar-refractivity contribution is 5.40. The summed E-state index contributed by atoms with van der Waals surface area (Å²) in [6.45, 7) is 2.10. The molecule has 0 radical (unpaired) electrons. The number of nitrogens with zero attached hydrogens (tertiary/aromatic N) is 1. The zero-order valence-electron chi connectivity index (χ0n) is 12.6. The molecule has 21 heavy (non-hydrogen) atoms. The Labute approximate surface area is 126 Å². The molecule has 2 fully saturated rings. The van der Waals surface area contributed by atoms with Gasteiger partial charge in [0.15, 0.2) is 0 Å². The van der Waals surface area contributed by atoms with E-state index in [1.807, 2.05) is 6.07 Å². The summed E-state index contributed by atoms with van der Waals surface area (Å²) in [6, 6.07) is 6.87. The number of hydrogen-bond acceptors (Lipinski definition) is 4. The van der Waals surface area contributed by atoms with Gasteiger partial charge in [-0.1, -0.05) is 6.07 Å². The number of hydrogen-bond donors (Lipinski definition) is 1. The minimum absolute atomic E-state index is 0.0846. The molecule has 1 aromatic rings. The lowest BCUT2D eigenvalue weighted by Crippen LogP contribution is -2.52. The quantitative estimate of drug-likeness (QED) is 0.902. The molecule has 4 unspecified atom stereocenters. The lowest BCUT2D eigenvalue weighted by molar-refractivity contribution is -0.0582. The molecule has 114 valence electrons. The molecule has 4 rings (SSSR count). The van der Waals surface area contributed by atoms with Crippen molar-refractivity contribution in [3.63, 3.8) is 0 Å². The van der Waals surface area contributed by atoms with E-state index in [-0.39, 0.29) is 6.04 Å². The van der Waals surface area contributed by atoms with Crippen LogP contribution < -0.4 is 10.5 Å². The van der Waals surface area contributed by atoms with Crippen LogP contribution in [0.1, 0.15) is 36.4 Å². The normalized spacial score (nSPS) is 35.5. The number of morpholine rings is 1. The maximum atomic E-state index is 6.62. The second kappa shape index (κ2) is 5.27. The minimum Gasteiger partial charge on any atom is -0.497 e. The van der Waals surface area contributed by atoms with Gasteiger partial charge in [-0.2, -0.15) is 0 Å². The third-order valence-electron chi connectivity index (χ3n) is 5.38. The molecule has 0 aromatic heterocycles. The Bertz CT molecular complexity index is 522. The highest BCUT2D eigenvalue weighted by Crippen LogP contribution is 2.36. The number of ether oxygens (including phenoxy) is 2. The molecule has 2 heterocycles. The summed E-state index contributed by atoms with van der Waals surface area (Å²) in [5, 5.41) is 0. The summed E-state index contributed by atoms with van der Waals surface area (Å²) >= 11 is 0. The van der Waals surface area contributed by atoms with Crippen molar-refractivity contribution in [1.29, 1.82) is 0 Å². The summed E-state index contributed by atoms with van der Waals surface area (Å²) in [5.41, 5.74) is 9.27. The van der Waals surface area contributed by atoms with Crippen molar-refractivity contribution < 1.29 is 9.47 Å². The fraction of sp³-hybridized carbons (Fsp3) is 0.647. The first-order chi connectivity index (χ1) is 10.2. The summed E-state index contributed by atoms with van der Waals surface area (Å²) in [7, 11) is 1.72. The van der Waals surface area contributed by atoms with Gasteiger partial charge < -0.3 is 15.2 Å². The van der Waals surface area contributed by atoms with Gasteiger partial charge in [0, 0.05) is 25.2 Å². The molecule has 1 aliphatic carbocycles. The molecule has 4 nitrogen and oxygen atoms in total. The highest BCUT2D eigenvalue weighted by atomic mass is 16.5. The standard InChI is InChI=1S/C17H24N2O2/c1-20-12-4-2-11-3-7-16(17(18)15(11)8-12)19-9-13-5-6-14(10-19)21-13/h2,4,8,13-14,16-17H,3,5-7,9-10,18H2,1H3. The van der Waals surface area contributed by atoms with Crippen LogP contribution in [0.25, 0.3) is 0 Å². The van der Waals surface area contributed by atoms with Crippen LogP contribution in [0, 0.1) is 0 Å². The Hall–Kier alpha value is -1.10. The van der Waals surface area contributed by atoms with Crippen LogP contribution in [0.3, 0.4) is 0 Å². The van der Waals surface area contributed by atoms with Crippen LogP contribution in [-0.4, -0.2) is 43.3 Å². The van der Waals surface area contributed by atoms with Crippen molar-refractivity contribution in [3.05, 3.63) is 29.3 Å². The molecule has 0 spiro atoms. The van der Waals surface area contributed by atoms with Crippen molar-refractivity contribution in [1.82, 2.24) is 4.90 Å². The van der Waals surface area contributed by atoms with E-state index in [1.165, 1.54) is 24.0 Å². The van der Waals surface area contributed by atoms with Crippen molar-refractivity contribution in [3.8, 4) is 5.75 Å². The molecule has 3 aliphatic rings. The third kappa shape index (κ3) is 2.35. The number of aryl methyl sites for hydroxylation is 1. The first-order valence-electron chi connectivity index (χ1n) is 8.06. The molecule has 0 saturated carbocycles. The number of benzene rings is 1. The van der Waals surface area contributed by atoms with Crippen LogP contribution in [0.2, 0.25) is 0 Å². The van der Waals surface area contributed by atoms with E-state index in [1.54, 1.807) is 7.11 Å². The van der Waals surface area contributed by atoms with Gasteiger partial charge in [-0.05, 0) is 48.9 Å². The van der Waals surface area contributed by atoms with Gasteiger partial charge >= 0.3 is 0 Å². The Kier molecular flexibility index (Phi) is 3.40. The van der Waals surface area contributed by atoms with Crippen LogP contribution in [0.5, 0.6) is 5.75 Å². The lowest BCUT2D eigenvalue weighted by atomic mass is 9.83. The molecule has 2 N–H and O–H groups in total. The minimum atomic E-state index is 0.0846. The predicted molar refractivity (Wildman–Crippen MR) is 81.5 cm³/mol. The number of rotatable bonds is 2. The first-order valence-corrected chi connectivity index (χ1v) is 8.06. The fourth-order valence-corrected chi connectivity index (χ4v) is 4.25. The van der Waals surface area contributed by atoms with Crippen LogP contribution in [0.15, 0.2) is 18.2 Å². The summed E-state index contributed by atoms with van der Waals surface area (Å²) < 4.78 is 11.3. The van der Waals surface area contributed by atoms with Gasteiger partial charge in [0.05, 0.1) is 19.3 Å². The van der Waals surface area contributed by atoms with Gasteiger partial charge in [0.1, 0.15) is 5.75 Å². The molecule has 0 amide bonds. The topological polar surface area (TPSA) is 47.7 Å². The number of nitrogens with two attached hydrogens (primary N) is 1. The number of likely N-dealkylation sites (tertiary alicyclic amines) is 1. The molecular formula is C17H24N2O2. The van der Waals surface area contributed by atoms with Crippen molar-refractivity contribution in [2.45, 2.75) is 50.0 Å². The zero-order valence-corrected chi connectivity index (χ0v) is 12.6. The maximum absolute atomic E-state index is 6.62. The number of fused-ring (bicyclic) bond motifs is 3. The first kappa shape index (κ1) is 13.6. The highest BCUT2D eigenvalue weighted by Gasteiger charge is 2.39. The monoisotopic (exact) mass is 288 g/mol. The zero-order chi connectivity index (χ0) is 14.4. The van der Waals surface area contributed by atoms with Gasteiger partial charge in [-0.25, -0.2) is 0 Å². The smallest absolute Gasteiger partial charge is 0.119 e. The molecule has 1 aromatic carbocycles. The predicted octanol–water partition coefficient (Wildman–Crippen LogP) is 1.87. The molecule has 4 heteroatoms. The second-order valence-electron chi connectivity index (χ2n) is 6.61. The lowest BCUT2D eigenvalue weighted by Gasteiger charge is -2.43. The van der Waals surface area contributed by atoms with Crippen molar-refractivity contribution >= 4 is 0 Å². The molecule has 4 atom stereocenters. The van der Waals surface area contributed by atoms with E-state index < -0.39 is 0 Å². The average Bonchev–Trinajstić information content (AvgIpc) is 2.86. The van der Waals surface area contributed by atoms with Gasteiger partial charge in [0.25, 0.3) is 0 Å². The molecule has 2 aliphatic heterocycles. The fourth-order valence-electron chi connectivity index (χ4n) is 4.25. The Balaban J connectivity index is 1.57. The van der Waals surface area contributed by atoms with Crippen LogP contribution >= 0.6 is 0 Å². The Morgan fingerprint density at radius 2 is 1.95 bits per heavy atom. The van der Waals surface area contributed by atoms with Gasteiger partial charge in [0.2, 0.25) is 0 Å². The third-order valence-corrected chi connectivity index (χ3v) is 5.38. The summed E-state index contributed by atoms with van der Waals surface area (Å²) in [4.78, 5) is 2.58. The van der Waals surface area contributed by atoms with Crippen LogP contribution in [-0.2, 0) is 11.2 Å². The molecule has 2 bridgehead atoms. The molecule has 2 saturated heterocycles. The van der Waals surface area contributed by atoms with E-state index in [9.17, 15) is 0 Å². The largest absolute Gasteiger partial charge is 0.497 e. The van der Waals surface area contributed by atoms with E-state index in [2.05, 4.69) is 17.0 Å². The van der Waals surface area contributed by atoms with Gasteiger partial charge in [-0.15, -0.1) is 0 Å². The van der Waals surface area contributed by atoms with E-state index in [0.717, 1.165) is 31.7 Å². The Morgan fingerprint density at radius 1 is 1.19 bits per heavy atom. The average molecular weight is 288 g/mol. The summed E-state index contributed by atoms with van der Waals surface area (Å²) in [5.74, 6) is 0.909. The summed E-state index contributed by atoms with van der Waals surface area (Å²) in [6.07, 6.45) is 5.57. The van der Waals surface area contributed by atoms with Crippen molar-refractivity contribution in [2.75, 3.05) is 20.2 Å². The van der Waals surface area contributed by atoms with E-state index >= 15 is 0 Å². The van der Waals surface area contributed by atoms with Crippen molar-refractivity contribution in [2.24, 2.45) is 5.73 Å².